The van der Waals surface area contributed by atoms with Crippen molar-refractivity contribution in [3.8, 4) is 5.75 Å². The van der Waals surface area contributed by atoms with Gasteiger partial charge in [-0.25, -0.2) is 0 Å². The van der Waals surface area contributed by atoms with E-state index in [0.29, 0.717) is 0 Å². The molecule has 2 aromatic carbocycles. The summed E-state index contributed by atoms with van der Waals surface area (Å²) in [5.41, 5.74) is -0.351. The van der Waals surface area contributed by atoms with E-state index in [4.69, 9.17) is 0 Å². The number of halogens is 3. The van der Waals surface area contributed by atoms with Crippen LogP contribution in [0.15, 0.2) is 42.5 Å². The molecule has 8 heteroatoms. The van der Waals surface area contributed by atoms with Gasteiger partial charge >= 0.3 is 18.0 Å². The van der Waals surface area contributed by atoms with Crippen LogP contribution in [0.4, 0.5) is 24.5 Å². The third-order valence-electron chi connectivity index (χ3n) is 3.05. The van der Waals surface area contributed by atoms with Crippen LogP contribution >= 0.6 is 0 Å². The maximum atomic E-state index is 12.6. The van der Waals surface area contributed by atoms with Crippen molar-refractivity contribution in [2.24, 2.45) is 0 Å². The minimum absolute atomic E-state index is 0.0270. The Balaban J connectivity index is 2.09. The van der Waals surface area contributed by atoms with Gasteiger partial charge in [0.05, 0.1) is 11.3 Å². The van der Waals surface area contributed by atoms with Crippen molar-refractivity contribution in [1.82, 2.24) is 0 Å². The number of phenols is 1. The Morgan fingerprint density at radius 2 is 1.67 bits per heavy atom. The molecule has 2 aromatic rings. The number of hydrogen-bond donors (Lipinski definition) is 3. The quantitative estimate of drug-likeness (QED) is 0.581. The Morgan fingerprint density at radius 3 is 2.33 bits per heavy atom. The monoisotopic (exact) mass is 338 g/mol. The van der Waals surface area contributed by atoms with Crippen molar-refractivity contribution >= 4 is 23.2 Å². The molecule has 0 fully saturated rings. The molecule has 0 saturated carbocycles. The van der Waals surface area contributed by atoms with E-state index in [2.05, 4.69) is 10.6 Å². The number of hydrogen-bond acceptors (Lipinski definition) is 3. The van der Waals surface area contributed by atoms with Crippen molar-refractivity contribution < 1.29 is 27.9 Å². The number of aromatic hydroxyl groups is 1. The van der Waals surface area contributed by atoms with Gasteiger partial charge in [0.25, 0.3) is 0 Å². The lowest BCUT2D eigenvalue weighted by molar-refractivity contribution is -0.137. The van der Waals surface area contributed by atoms with Crippen LogP contribution in [0.1, 0.15) is 11.1 Å². The van der Waals surface area contributed by atoms with Gasteiger partial charge in [-0.15, -0.1) is 0 Å². The van der Waals surface area contributed by atoms with E-state index in [0.717, 1.165) is 23.8 Å². The van der Waals surface area contributed by atoms with Gasteiger partial charge in [-0.2, -0.15) is 13.2 Å². The van der Waals surface area contributed by atoms with Crippen molar-refractivity contribution in [3.63, 3.8) is 0 Å². The van der Waals surface area contributed by atoms with Gasteiger partial charge in [0, 0.05) is 5.69 Å². The molecule has 2 amide bonds. The number of amides is 2. The minimum atomic E-state index is -4.56. The zero-order valence-electron chi connectivity index (χ0n) is 12.4. The standard InChI is InChI=1S/C16H13F3N2O3/c1-9-5-6-13(22)12(7-9)21-15(24)14(23)20-11-4-2-3-10(8-11)16(17,18)19/h2-8,22H,1H3,(H,20,23)(H,21,24). The number of phenolic OH excluding ortho intramolecular Hbond substituents is 1. The van der Waals surface area contributed by atoms with Crippen molar-refractivity contribution in [2.45, 2.75) is 13.1 Å². The summed E-state index contributed by atoms with van der Waals surface area (Å²) >= 11 is 0. The molecule has 0 bridgehead atoms. The number of aryl methyl sites for hydroxylation is 1. The van der Waals surface area contributed by atoms with Crippen LogP contribution in [-0.2, 0) is 15.8 Å². The second-order valence-corrected chi connectivity index (χ2v) is 5.01. The normalized spacial score (nSPS) is 11.0. The highest BCUT2D eigenvalue weighted by Crippen LogP contribution is 2.30. The van der Waals surface area contributed by atoms with Gasteiger partial charge in [-0.05, 0) is 42.8 Å². The fourth-order valence-corrected chi connectivity index (χ4v) is 1.89. The highest BCUT2D eigenvalue weighted by molar-refractivity contribution is 6.43. The maximum absolute atomic E-state index is 12.6. The number of carbonyl (C=O) groups is 2. The van der Waals surface area contributed by atoms with E-state index >= 15 is 0 Å². The Kier molecular flexibility index (Phi) is 4.77. The van der Waals surface area contributed by atoms with Gasteiger partial charge in [-0.3, -0.25) is 9.59 Å². The zero-order valence-corrected chi connectivity index (χ0v) is 12.4. The van der Waals surface area contributed by atoms with Crippen LogP contribution in [0.25, 0.3) is 0 Å². The molecule has 0 aliphatic carbocycles. The largest absolute Gasteiger partial charge is 0.506 e. The molecule has 3 N–H and O–H groups in total. The molecular weight excluding hydrogens is 325 g/mol. The van der Waals surface area contributed by atoms with E-state index < -0.39 is 23.6 Å². The van der Waals surface area contributed by atoms with Crippen LogP contribution in [-0.4, -0.2) is 16.9 Å². The average Bonchev–Trinajstić information content (AvgIpc) is 2.50. The molecule has 126 valence electrons. The highest BCUT2D eigenvalue weighted by Gasteiger charge is 2.30. The fraction of sp³-hybridized carbons (Fsp3) is 0.125. The predicted molar refractivity (Wildman–Crippen MR) is 81.5 cm³/mol. The van der Waals surface area contributed by atoms with E-state index in [1.165, 1.54) is 18.2 Å². The maximum Gasteiger partial charge on any atom is 0.416 e. The van der Waals surface area contributed by atoms with Crippen molar-refractivity contribution in [1.29, 1.82) is 0 Å². The van der Waals surface area contributed by atoms with Crippen molar-refractivity contribution in [3.05, 3.63) is 53.6 Å². The first kappa shape index (κ1) is 17.3. The van der Waals surface area contributed by atoms with Gasteiger partial charge in [-0.1, -0.05) is 12.1 Å². The molecule has 2 rings (SSSR count). The summed E-state index contributed by atoms with van der Waals surface area (Å²) < 4.78 is 37.8. The lowest BCUT2D eigenvalue weighted by Gasteiger charge is -2.10. The summed E-state index contributed by atoms with van der Waals surface area (Å²) in [6, 6.07) is 8.30. The van der Waals surface area contributed by atoms with E-state index in [9.17, 15) is 27.9 Å². The highest BCUT2D eigenvalue weighted by atomic mass is 19.4. The molecule has 0 aromatic heterocycles. The van der Waals surface area contributed by atoms with Crippen LogP contribution in [0, 0.1) is 6.92 Å². The number of nitrogens with one attached hydrogen (secondary N) is 2. The van der Waals surface area contributed by atoms with E-state index in [1.807, 2.05) is 0 Å². The smallest absolute Gasteiger partial charge is 0.416 e. The summed E-state index contributed by atoms with van der Waals surface area (Å²) in [4.78, 5) is 23.6. The first-order chi connectivity index (χ1) is 11.2. The lowest BCUT2D eigenvalue weighted by atomic mass is 10.2. The van der Waals surface area contributed by atoms with Gasteiger partial charge in [0.1, 0.15) is 5.75 Å². The lowest BCUT2D eigenvalue weighted by Crippen LogP contribution is -2.29. The Labute approximate surface area is 135 Å². The minimum Gasteiger partial charge on any atom is -0.506 e. The molecule has 0 radical (unpaired) electrons. The summed E-state index contributed by atoms with van der Waals surface area (Å²) in [5.74, 6) is -2.51. The van der Waals surface area contributed by atoms with Crippen LogP contribution in [0.3, 0.4) is 0 Å². The average molecular weight is 338 g/mol. The summed E-state index contributed by atoms with van der Waals surface area (Å²) in [7, 11) is 0. The van der Waals surface area contributed by atoms with E-state index in [1.54, 1.807) is 13.0 Å². The Bertz CT molecular complexity index is 788. The molecular formula is C16H13F3N2O3. The zero-order chi connectivity index (χ0) is 17.9. The van der Waals surface area contributed by atoms with Gasteiger partial charge < -0.3 is 15.7 Å². The Morgan fingerprint density at radius 1 is 1.00 bits per heavy atom. The SMILES string of the molecule is Cc1ccc(O)c(NC(=O)C(=O)Nc2cccc(C(F)(F)F)c2)c1. The second-order valence-electron chi connectivity index (χ2n) is 5.01. The van der Waals surface area contributed by atoms with Gasteiger partial charge in [0.15, 0.2) is 0 Å². The van der Waals surface area contributed by atoms with Crippen LogP contribution in [0.2, 0.25) is 0 Å². The third kappa shape index (κ3) is 4.25. The number of benzene rings is 2. The van der Waals surface area contributed by atoms with E-state index in [-0.39, 0.29) is 17.1 Å². The first-order valence-corrected chi connectivity index (χ1v) is 6.76. The summed E-state index contributed by atoms with van der Waals surface area (Å²) in [5, 5.41) is 13.9. The molecule has 0 spiro atoms. The second kappa shape index (κ2) is 6.61. The van der Waals surface area contributed by atoms with Crippen LogP contribution < -0.4 is 10.6 Å². The van der Waals surface area contributed by atoms with Crippen LogP contribution in [0.5, 0.6) is 5.75 Å². The molecule has 0 aliphatic rings. The third-order valence-corrected chi connectivity index (χ3v) is 3.05. The number of carbonyl (C=O) groups excluding carboxylic acids is 2. The molecule has 0 unspecified atom stereocenters. The predicted octanol–water partition coefficient (Wildman–Crippen LogP) is 3.30. The molecule has 0 heterocycles. The molecule has 0 aliphatic heterocycles. The molecule has 0 atom stereocenters. The van der Waals surface area contributed by atoms with Crippen molar-refractivity contribution in [2.75, 3.05) is 10.6 Å². The fourth-order valence-electron chi connectivity index (χ4n) is 1.89. The molecule has 5 nitrogen and oxygen atoms in total. The number of alkyl halides is 3. The molecule has 24 heavy (non-hydrogen) atoms. The first-order valence-electron chi connectivity index (χ1n) is 6.76. The number of rotatable bonds is 2. The van der Waals surface area contributed by atoms with Gasteiger partial charge in [0.2, 0.25) is 0 Å². The molecule has 0 saturated heterocycles. The topological polar surface area (TPSA) is 78.4 Å². The summed E-state index contributed by atoms with van der Waals surface area (Å²) in [6.07, 6.45) is -4.56. The summed E-state index contributed by atoms with van der Waals surface area (Å²) in [6.45, 7) is 1.72. The Hall–Kier alpha value is -3.03. The number of anilines is 2.